The molecule has 0 bridgehead atoms. The molecule has 0 aliphatic carbocycles. The van der Waals surface area contributed by atoms with E-state index in [-0.39, 0.29) is 5.78 Å². The van der Waals surface area contributed by atoms with E-state index < -0.39 is 0 Å². The van der Waals surface area contributed by atoms with Crippen LogP contribution in [0.2, 0.25) is 0 Å². The lowest BCUT2D eigenvalue weighted by Gasteiger charge is -2.42. The number of hydrogen-bond donors (Lipinski definition) is 0. The van der Waals surface area contributed by atoms with Crippen molar-refractivity contribution in [3.05, 3.63) is 0 Å². The summed E-state index contributed by atoms with van der Waals surface area (Å²) in [5, 5.41) is 0. The Labute approximate surface area is 141 Å². The molecule has 0 aromatic heterocycles. The number of rotatable bonds is 8. The molecule has 0 N–H and O–H groups in total. The molecule has 0 aromatic carbocycles. The van der Waals surface area contributed by atoms with Gasteiger partial charge in [-0.05, 0) is 46.2 Å². The van der Waals surface area contributed by atoms with Crippen LogP contribution < -0.4 is 0 Å². The summed E-state index contributed by atoms with van der Waals surface area (Å²) in [5.41, 5.74) is 0. The molecule has 0 radical (unpaired) electrons. The summed E-state index contributed by atoms with van der Waals surface area (Å²) in [6.07, 6.45) is 4.03. The lowest BCUT2D eigenvalue weighted by Crippen LogP contribution is -2.53. The second-order valence-electron chi connectivity index (χ2n) is 7.18. The van der Waals surface area contributed by atoms with Crippen LogP contribution in [0.3, 0.4) is 0 Å². The van der Waals surface area contributed by atoms with E-state index >= 15 is 0 Å². The van der Waals surface area contributed by atoms with Crippen molar-refractivity contribution in [1.29, 1.82) is 0 Å². The molecule has 2 saturated heterocycles. The third-order valence-electron chi connectivity index (χ3n) is 5.31. The van der Waals surface area contributed by atoms with Crippen molar-refractivity contribution in [2.75, 3.05) is 59.0 Å². The van der Waals surface area contributed by atoms with Gasteiger partial charge in [-0.1, -0.05) is 6.92 Å². The Hall–Kier alpha value is -0.490. The summed E-state index contributed by atoms with van der Waals surface area (Å²) in [6, 6.07) is 0.737. The van der Waals surface area contributed by atoms with E-state index in [1.807, 2.05) is 0 Å². The van der Waals surface area contributed by atoms with Crippen molar-refractivity contribution >= 4 is 5.78 Å². The van der Waals surface area contributed by atoms with Crippen molar-refractivity contribution in [2.24, 2.45) is 0 Å². The molecule has 23 heavy (non-hydrogen) atoms. The van der Waals surface area contributed by atoms with Gasteiger partial charge in [0.1, 0.15) is 5.78 Å². The van der Waals surface area contributed by atoms with E-state index in [9.17, 15) is 4.79 Å². The molecular formula is C18H35N3O2. The van der Waals surface area contributed by atoms with Gasteiger partial charge in [0.05, 0.1) is 19.3 Å². The Bertz CT molecular complexity index is 348. The summed E-state index contributed by atoms with van der Waals surface area (Å²) in [7, 11) is 0. The molecule has 0 aromatic rings. The normalized spacial score (nSPS) is 24.0. The van der Waals surface area contributed by atoms with Gasteiger partial charge in [-0.25, -0.2) is 0 Å². The maximum absolute atomic E-state index is 11.2. The number of carbonyl (C=O) groups excluding carboxylic acids is 1. The molecule has 5 heteroatoms. The molecule has 0 spiro atoms. The molecule has 1 atom stereocenters. The van der Waals surface area contributed by atoms with Crippen molar-refractivity contribution in [2.45, 2.75) is 52.2 Å². The molecule has 134 valence electrons. The van der Waals surface area contributed by atoms with Gasteiger partial charge in [0.2, 0.25) is 0 Å². The van der Waals surface area contributed by atoms with Crippen LogP contribution in [0.15, 0.2) is 0 Å². The summed E-state index contributed by atoms with van der Waals surface area (Å²) >= 11 is 0. The number of piperidine rings is 1. The van der Waals surface area contributed by atoms with Crippen LogP contribution in [0.25, 0.3) is 0 Å². The Kier molecular flexibility index (Phi) is 7.96. The Morgan fingerprint density at radius 3 is 2.30 bits per heavy atom. The molecule has 2 fully saturated rings. The van der Waals surface area contributed by atoms with Crippen molar-refractivity contribution in [3.8, 4) is 0 Å². The fourth-order valence-electron chi connectivity index (χ4n) is 3.61. The van der Waals surface area contributed by atoms with E-state index in [1.165, 1.54) is 25.9 Å². The number of Topliss-reactive ketones (excluding diaryl/α,β-unsaturated/α-hetero) is 1. The van der Waals surface area contributed by atoms with Gasteiger partial charge < -0.3 is 9.64 Å². The van der Waals surface area contributed by atoms with Crippen molar-refractivity contribution in [1.82, 2.24) is 14.7 Å². The molecular weight excluding hydrogens is 290 g/mol. The Morgan fingerprint density at radius 1 is 1.09 bits per heavy atom. The van der Waals surface area contributed by atoms with Gasteiger partial charge in [-0.15, -0.1) is 0 Å². The van der Waals surface area contributed by atoms with Crippen LogP contribution >= 0.6 is 0 Å². The zero-order chi connectivity index (χ0) is 16.7. The highest BCUT2D eigenvalue weighted by molar-refractivity contribution is 5.77. The monoisotopic (exact) mass is 325 g/mol. The summed E-state index contributed by atoms with van der Waals surface area (Å²) in [6.45, 7) is 15.3. The third kappa shape index (κ3) is 6.49. The summed E-state index contributed by atoms with van der Waals surface area (Å²) < 4.78 is 5.80. The predicted molar refractivity (Wildman–Crippen MR) is 93.9 cm³/mol. The zero-order valence-corrected chi connectivity index (χ0v) is 15.3. The largest absolute Gasteiger partial charge is 0.377 e. The van der Waals surface area contributed by atoms with Crippen LogP contribution in [0, 0.1) is 0 Å². The quantitative estimate of drug-likeness (QED) is 0.675. The summed E-state index contributed by atoms with van der Waals surface area (Å²) in [5.74, 6) is 0.284. The highest BCUT2D eigenvalue weighted by Gasteiger charge is 2.27. The van der Waals surface area contributed by atoms with E-state index in [0.29, 0.717) is 12.6 Å². The van der Waals surface area contributed by atoms with Crippen molar-refractivity contribution < 1.29 is 9.53 Å². The number of piperazine rings is 1. The number of nitrogens with zero attached hydrogens (tertiary/aromatic N) is 3. The SMILES string of the molecule is CCC(C)OCCN1CCC(N2CCN(CC(C)=O)CC2)CC1. The highest BCUT2D eigenvalue weighted by atomic mass is 16.5. The van der Waals surface area contributed by atoms with Crippen LogP contribution in [-0.4, -0.2) is 91.6 Å². The van der Waals surface area contributed by atoms with Gasteiger partial charge in [-0.2, -0.15) is 0 Å². The Morgan fingerprint density at radius 2 is 1.74 bits per heavy atom. The van der Waals surface area contributed by atoms with E-state index in [1.54, 1.807) is 6.92 Å². The molecule has 0 amide bonds. The number of ketones is 1. The fourth-order valence-corrected chi connectivity index (χ4v) is 3.61. The molecule has 0 saturated carbocycles. The maximum atomic E-state index is 11.2. The van der Waals surface area contributed by atoms with E-state index in [0.717, 1.165) is 51.8 Å². The molecule has 2 heterocycles. The number of ether oxygens (including phenoxy) is 1. The van der Waals surface area contributed by atoms with Crippen LogP contribution in [-0.2, 0) is 9.53 Å². The molecule has 1 unspecified atom stereocenters. The first-order valence-corrected chi connectivity index (χ1v) is 9.38. The van der Waals surface area contributed by atoms with Gasteiger partial charge in [0.15, 0.2) is 0 Å². The zero-order valence-electron chi connectivity index (χ0n) is 15.3. The van der Waals surface area contributed by atoms with Crippen LogP contribution in [0.1, 0.15) is 40.0 Å². The average molecular weight is 325 g/mol. The number of hydrogen-bond acceptors (Lipinski definition) is 5. The highest BCUT2D eigenvalue weighted by Crippen LogP contribution is 2.18. The van der Waals surface area contributed by atoms with Crippen LogP contribution in [0.4, 0.5) is 0 Å². The smallest absolute Gasteiger partial charge is 0.143 e. The topological polar surface area (TPSA) is 36.0 Å². The van der Waals surface area contributed by atoms with Crippen molar-refractivity contribution in [3.63, 3.8) is 0 Å². The first-order valence-electron chi connectivity index (χ1n) is 9.38. The Balaban J connectivity index is 1.60. The lowest BCUT2D eigenvalue weighted by atomic mass is 10.0. The minimum absolute atomic E-state index is 0.284. The predicted octanol–water partition coefficient (Wildman–Crippen LogP) is 1.47. The van der Waals surface area contributed by atoms with Gasteiger partial charge in [0.25, 0.3) is 0 Å². The molecule has 2 aliphatic rings. The molecule has 5 nitrogen and oxygen atoms in total. The number of likely N-dealkylation sites (tertiary alicyclic amines) is 1. The second-order valence-corrected chi connectivity index (χ2v) is 7.18. The fraction of sp³-hybridized carbons (Fsp3) is 0.944. The van der Waals surface area contributed by atoms with Gasteiger partial charge in [0, 0.05) is 38.8 Å². The maximum Gasteiger partial charge on any atom is 0.143 e. The second kappa shape index (κ2) is 9.72. The third-order valence-corrected chi connectivity index (χ3v) is 5.31. The first kappa shape index (κ1) is 18.8. The standard InChI is InChI=1S/C18H35N3O2/c1-4-17(3)23-14-13-19-7-5-18(6-8-19)21-11-9-20(10-12-21)15-16(2)22/h17-18H,4-15H2,1-3H3. The lowest BCUT2D eigenvalue weighted by molar-refractivity contribution is -0.118. The molecule has 2 rings (SSSR count). The number of carbonyl (C=O) groups is 1. The van der Waals surface area contributed by atoms with E-state index in [4.69, 9.17) is 4.74 Å². The van der Waals surface area contributed by atoms with Gasteiger partial charge in [-0.3, -0.25) is 14.6 Å². The summed E-state index contributed by atoms with van der Waals surface area (Å²) in [4.78, 5) is 18.7. The van der Waals surface area contributed by atoms with Gasteiger partial charge >= 0.3 is 0 Å². The van der Waals surface area contributed by atoms with E-state index in [2.05, 4.69) is 28.5 Å². The minimum Gasteiger partial charge on any atom is -0.377 e. The average Bonchev–Trinajstić information content (AvgIpc) is 2.55. The molecule has 2 aliphatic heterocycles. The van der Waals surface area contributed by atoms with Crippen LogP contribution in [0.5, 0.6) is 0 Å². The first-order chi connectivity index (χ1) is 11.1. The minimum atomic E-state index is 0.284.